The maximum atomic E-state index is 10.7. The van der Waals surface area contributed by atoms with Crippen LogP contribution in [0.2, 0.25) is 0 Å². The van der Waals surface area contributed by atoms with Crippen LogP contribution in [-0.4, -0.2) is 30.8 Å². The molecule has 0 aliphatic rings. The number of rotatable bonds is 2. The molecule has 0 bridgehead atoms. The van der Waals surface area contributed by atoms with Gasteiger partial charge in [0.05, 0.1) is 12.2 Å². The van der Waals surface area contributed by atoms with E-state index in [4.69, 9.17) is 15.9 Å². The summed E-state index contributed by atoms with van der Waals surface area (Å²) < 4.78 is 9.34. The van der Waals surface area contributed by atoms with Gasteiger partial charge in [-0.25, -0.2) is 0 Å². The molecule has 0 unspecified atom stereocenters. The van der Waals surface area contributed by atoms with Crippen LogP contribution in [0, 0.1) is 0 Å². The molecule has 2 N–H and O–H groups in total. The van der Waals surface area contributed by atoms with Gasteiger partial charge >= 0.3 is 17.1 Å². The summed E-state index contributed by atoms with van der Waals surface area (Å²) >= 11 is 0. The van der Waals surface area contributed by atoms with E-state index in [1.54, 1.807) is 20.8 Å². The number of guanidine groups is 1. The second kappa shape index (κ2) is 8.99. The molecule has 0 fully saturated rings. The van der Waals surface area contributed by atoms with Crippen LogP contribution < -0.4 is 10.8 Å². The summed E-state index contributed by atoms with van der Waals surface area (Å²) in [6, 6.07) is -0.268. The van der Waals surface area contributed by atoms with Crippen molar-refractivity contribution in [2.45, 2.75) is 26.9 Å². The van der Waals surface area contributed by atoms with E-state index in [0.717, 1.165) is 0 Å². The zero-order valence-electron chi connectivity index (χ0n) is 9.23. The van der Waals surface area contributed by atoms with Crippen molar-refractivity contribution < 1.29 is 31.6 Å². The molecule has 0 spiro atoms. The van der Waals surface area contributed by atoms with E-state index in [1.165, 1.54) is 0 Å². The number of hydrogen-bond acceptors (Lipinski definition) is 3. The number of amidine groups is 1. The first-order valence-electron chi connectivity index (χ1n) is 4.41. The molecular formula is C8H14CuN4O3. The normalized spacial score (nSPS) is 12.0. The fraction of sp³-hybridized carbons (Fsp3) is 0.625. The van der Waals surface area contributed by atoms with Gasteiger partial charge in [-0.2, -0.15) is 0 Å². The van der Waals surface area contributed by atoms with Crippen molar-refractivity contribution in [2.75, 3.05) is 6.61 Å². The molecular weight excluding hydrogens is 264 g/mol. The molecule has 0 amide bonds. The monoisotopic (exact) mass is 277 g/mol. The molecule has 0 aromatic carbocycles. The minimum Gasteiger partial charge on any atom is -0.612 e. The molecule has 0 atom stereocenters. The van der Waals surface area contributed by atoms with Crippen LogP contribution >= 0.6 is 0 Å². The summed E-state index contributed by atoms with van der Waals surface area (Å²) in [5.74, 6) is -0.799. The standard InChI is InChI=1S/C8H15N4O3.Cu/c1-4-14-8(13)12-6(9)11-7(10)15-5(2)3;/h5H,4H2,1-3H3,(H3-,9,10,11,12,13);/q-1;+2/p-1. The fourth-order valence-corrected chi connectivity index (χ4v) is 0.629. The third-order valence-corrected chi connectivity index (χ3v) is 1.03. The molecule has 0 aliphatic carbocycles. The van der Waals surface area contributed by atoms with Crippen LogP contribution in [0.1, 0.15) is 20.8 Å². The Morgan fingerprint density at radius 2 is 2.00 bits per heavy atom. The van der Waals surface area contributed by atoms with Crippen LogP contribution in [-0.2, 0) is 26.5 Å². The Morgan fingerprint density at radius 3 is 2.44 bits per heavy atom. The summed E-state index contributed by atoms with van der Waals surface area (Å²) in [5.41, 5.74) is 5.26. The molecule has 0 aromatic rings. The van der Waals surface area contributed by atoms with Gasteiger partial charge in [0.25, 0.3) is 0 Å². The van der Waals surface area contributed by atoms with Gasteiger partial charge in [-0.3, -0.25) is 0 Å². The first-order chi connectivity index (χ1) is 6.95. The van der Waals surface area contributed by atoms with Crippen LogP contribution in [0.15, 0.2) is 9.98 Å². The number of ether oxygens (including phenoxy) is 2. The first kappa shape index (κ1) is 17.1. The number of nitrogens with zero attached hydrogens (tertiary/aromatic N) is 3. The molecule has 8 heteroatoms. The molecule has 0 aromatic heterocycles. The average molecular weight is 278 g/mol. The average Bonchev–Trinajstić information content (AvgIpc) is 2.00. The van der Waals surface area contributed by atoms with E-state index in [0.29, 0.717) is 0 Å². The van der Waals surface area contributed by atoms with Gasteiger partial charge in [-0.15, -0.1) is 0 Å². The molecule has 0 saturated heterocycles. The zero-order chi connectivity index (χ0) is 11.8. The van der Waals surface area contributed by atoms with E-state index in [1.807, 2.05) is 0 Å². The van der Waals surface area contributed by atoms with Crippen molar-refractivity contribution in [3.63, 3.8) is 0 Å². The summed E-state index contributed by atoms with van der Waals surface area (Å²) in [5, 5.41) is 19.8. The second-order valence-corrected chi connectivity index (χ2v) is 2.73. The Labute approximate surface area is 105 Å². The van der Waals surface area contributed by atoms with Crippen LogP contribution in [0.3, 0.4) is 0 Å². The third kappa shape index (κ3) is 9.29. The van der Waals surface area contributed by atoms with E-state index in [-0.39, 0.29) is 35.8 Å². The Bertz CT molecular complexity index is 278. The smallest absolute Gasteiger partial charge is 0.612 e. The van der Waals surface area contributed by atoms with Crippen molar-refractivity contribution in [3.05, 3.63) is 5.41 Å². The van der Waals surface area contributed by atoms with Gasteiger partial charge in [0.15, 0.2) is 0 Å². The third-order valence-electron chi connectivity index (χ3n) is 1.03. The summed E-state index contributed by atoms with van der Waals surface area (Å²) in [7, 11) is 0. The maximum absolute atomic E-state index is 10.7. The molecule has 95 valence electrons. The zero-order valence-corrected chi connectivity index (χ0v) is 10.2. The van der Waals surface area contributed by atoms with Crippen LogP contribution in [0.5, 0.6) is 0 Å². The van der Waals surface area contributed by atoms with Crippen LogP contribution in [0.25, 0.3) is 5.41 Å². The Morgan fingerprint density at radius 1 is 1.44 bits per heavy atom. The molecule has 0 heterocycles. The van der Waals surface area contributed by atoms with Crippen molar-refractivity contribution in [1.29, 1.82) is 0 Å². The topological polar surface area (TPSA) is 115 Å². The Hall–Kier alpha value is -1.27. The van der Waals surface area contributed by atoms with Gasteiger partial charge < -0.3 is 35.7 Å². The van der Waals surface area contributed by atoms with Crippen molar-refractivity contribution in [2.24, 2.45) is 15.7 Å². The van der Waals surface area contributed by atoms with Gasteiger partial charge in [-0.1, -0.05) is 6.92 Å². The van der Waals surface area contributed by atoms with Gasteiger partial charge in [0.1, 0.15) is 0 Å². The molecule has 0 rings (SSSR count). The van der Waals surface area contributed by atoms with Crippen LogP contribution in [0.4, 0.5) is 0 Å². The van der Waals surface area contributed by atoms with Gasteiger partial charge in [-0.05, 0) is 20.5 Å². The van der Waals surface area contributed by atoms with Gasteiger partial charge in [0, 0.05) is 5.96 Å². The summed E-state index contributed by atoms with van der Waals surface area (Å²) in [6.07, 6.45) is -1.11. The fourth-order valence-electron chi connectivity index (χ4n) is 0.629. The maximum Gasteiger partial charge on any atom is 2.00 e. The quantitative estimate of drug-likeness (QED) is 0.412. The minimum absolute atomic E-state index is 0. The van der Waals surface area contributed by atoms with E-state index in [2.05, 4.69) is 14.7 Å². The minimum atomic E-state index is -0.934. The molecule has 16 heavy (non-hydrogen) atoms. The molecule has 0 aliphatic heterocycles. The molecule has 0 saturated carbocycles. The summed E-state index contributed by atoms with van der Waals surface area (Å²) in [4.78, 5) is 6.39. The second-order valence-electron chi connectivity index (χ2n) is 2.73. The Balaban J connectivity index is 0. The summed E-state index contributed by atoms with van der Waals surface area (Å²) in [6.45, 7) is 5.26. The molecule has 1 radical (unpaired) electrons. The van der Waals surface area contributed by atoms with Crippen molar-refractivity contribution in [3.8, 4) is 0 Å². The number of hydrogen-bond donors (Lipinski definition) is 1. The largest absolute Gasteiger partial charge is 2.00 e. The predicted molar refractivity (Wildman–Crippen MR) is 55.3 cm³/mol. The van der Waals surface area contributed by atoms with E-state index < -0.39 is 12.0 Å². The van der Waals surface area contributed by atoms with E-state index in [9.17, 15) is 5.11 Å². The van der Waals surface area contributed by atoms with E-state index >= 15 is 0 Å². The van der Waals surface area contributed by atoms with Crippen molar-refractivity contribution in [1.82, 2.24) is 0 Å². The number of aliphatic imine (C=N–C) groups is 2. The van der Waals surface area contributed by atoms with Crippen molar-refractivity contribution >= 4 is 18.1 Å². The first-order valence-corrected chi connectivity index (χ1v) is 4.41. The number of nitrogens with two attached hydrogens (primary N) is 1. The SMILES string of the molecule is CCO/C([O-])=N/C(=[N-])/N=C(\N)OC(C)C.[Cu+2]. The van der Waals surface area contributed by atoms with Gasteiger partial charge in [0.2, 0.25) is 6.02 Å². The predicted octanol–water partition coefficient (Wildman–Crippen LogP) is -0.598. The molecule has 7 nitrogen and oxygen atoms in total. The Kier molecular flexibility index (Phi) is 9.63.